The minimum absolute atomic E-state index is 0.110. The van der Waals surface area contributed by atoms with Crippen molar-refractivity contribution < 1.29 is 14.6 Å². The van der Waals surface area contributed by atoms with Crippen molar-refractivity contribution in [3.8, 4) is 5.75 Å². The Hall–Kier alpha value is -1.55. The van der Waals surface area contributed by atoms with Crippen molar-refractivity contribution in [2.45, 2.75) is 39.7 Å². The predicted molar refractivity (Wildman–Crippen MR) is 82.4 cm³/mol. The van der Waals surface area contributed by atoms with Crippen LogP contribution in [0.2, 0.25) is 0 Å². The molecule has 1 N–H and O–H groups in total. The SMILES string of the molecule is Cc1ccc(OCCC(=O)N2CCC(O)C(C)C2)c(C)c1. The van der Waals surface area contributed by atoms with Crippen LogP contribution in [-0.2, 0) is 4.79 Å². The van der Waals surface area contributed by atoms with E-state index in [2.05, 4.69) is 6.07 Å². The normalized spacial score (nSPS) is 22.2. The maximum Gasteiger partial charge on any atom is 0.226 e. The van der Waals surface area contributed by atoms with E-state index in [0.717, 1.165) is 11.3 Å². The molecule has 4 nitrogen and oxygen atoms in total. The number of rotatable bonds is 4. The Kier molecular flexibility index (Phi) is 5.23. The molecular formula is C17H25NO3. The number of benzene rings is 1. The maximum absolute atomic E-state index is 12.1. The molecule has 1 aliphatic rings. The first-order chi connectivity index (χ1) is 9.97. The number of piperidine rings is 1. The van der Waals surface area contributed by atoms with Crippen LogP contribution in [0, 0.1) is 19.8 Å². The van der Waals surface area contributed by atoms with Crippen molar-refractivity contribution in [1.82, 2.24) is 4.90 Å². The van der Waals surface area contributed by atoms with Crippen molar-refractivity contribution in [3.05, 3.63) is 29.3 Å². The summed E-state index contributed by atoms with van der Waals surface area (Å²) in [6, 6.07) is 6.04. The molecule has 0 spiro atoms. The monoisotopic (exact) mass is 291 g/mol. The van der Waals surface area contributed by atoms with E-state index in [4.69, 9.17) is 4.74 Å². The summed E-state index contributed by atoms with van der Waals surface area (Å²) in [6.45, 7) is 7.73. The molecule has 1 aromatic rings. The van der Waals surface area contributed by atoms with Crippen LogP contribution in [0.3, 0.4) is 0 Å². The van der Waals surface area contributed by atoms with Crippen LogP contribution in [0.25, 0.3) is 0 Å². The molecule has 0 saturated carbocycles. The fourth-order valence-corrected chi connectivity index (χ4v) is 2.73. The standard InChI is InChI=1S/C17H25NO3/c1-12-4-5-16(13(2)10-12)21-9-7-17(20)18-8-6-15(19)14(3)11-18/h4-5,10,14-15,19H,6-9,11H2,1-3H3. The lowest BCUT2D eigenvalue weighted by molar-refractivity contribution is -0.135. The number of aryl methyl sites for hydroxylation is 2. The van der Waals surface area contributed by atoms with Crippen molar-refractivity contribution >= 4 is 5.91 Å². The highest BCUT2D eigenvalue weighted by molar-refractivity contribution is 5.76. The highest BCUT2D eigenvalue weighted by Crippen LogP contribution is 2.20. The van der Waals surface area contributed by atoms with E-state index in [9.17, 15) is 9.90 Å². The number of aliphatic hydroxyl groups excluding tert-OH is 1. The van der Waals surface area contributed by atoms with E-state index < -0.39 is 0 Å². The zero-order valence-electron chi connectivity index (χ0n) is 13.1. The number of carbonyl (C=O) groups is 1. The number of hydrogen-bond donors (Lipinski definition) is 1. The summed E-state index contributed by atoms with van der Waals surface area (Å²) in [5, 5.41) is 9.69. The van der Waals surface area contributed by atoms with Crippen molar-refractivity contribution in [1.29, 1.82) is 0 Å². The van der Waals surface area contributed by atoms with Gasteiger partial charge in [-0.15, -0.1) is 0 Å². The molecular weight excluding hydrogens is 266 g/mol. The van der Waals surface area contributed by atoms with Crippen LogP contribution in [0.1, 0.15) is 30.9 Å². The second-order valence-electron chi connectivity index (χ2n) is 6.04. The van der Waals surface area contributed by atoms with Gasteiger partial charge in [0.2, 0.25) is 5.91 Å². The summed E-state index contributed by atoms with van der Waals surface area (Å²) < 4.78 is 5.70. The second-order valence-corrected chi connectivity index (χ2v) is 6.04. The molecule has 1 aromatic carbocycles. The van der Waals surface area contributed by atoms with E-state index in [1.54, 1.807) is 0 Å². The maximum atomic E-state index is 12.1. The molecule has 4 heteroatoms. The zero-order chi connectivity index (χ0) is 15.4. The van der Waals surface area contributed by atoms with Crippen LogP contribution in [0.5, 0.6) is 5.75 Å². The highest BCUT2D eigenvalue weighted by atomic mass is 16.5. The molecule has 116 valence electrons. The van der Waals surface area contributed by atoms with Gasteiger partial charge in [0.15, 0.2) is 0 Å². The van der Waals surface area contributed by atoms with E-state index >= 15 is 0 Å². The minimum Gasteiger partial charge on any atom is -0.493 e. The van der Waals surface area contributed by atoms with Crippen LogP contribution in [0.15, 0.2) is 18.2 Å². The Morgan fingerprint density at radius 2 is 2.19 bits per heavy atom. The van der Waals surface area contributed by atoms with Crippen LogP contribution in [0.4, 0.5) is 0 Å². The largest absolute Gasteiger partial charge is 0.493 e. The van der Waals surface area contributed by atoms with Gasteiger partial charge in [-0.05, 0) is 37.8 Å². The van der Waals surface area contributed by atoms with Gasteiger partial charge in [0.25, 0.3) is 0 Å². The fourth-order valence-electron chi connectivity index (χ4n) is 2.73. The molecule has 1 fully saturated rings. The second kappa shape index (κ2) is 6.94. The Morgan fingerprint density at radius 3 is 2.86 bits per heavy atom. The number of nitrogens with zero attached hydrogens (tertiary/aromatic N) is 1. The Balaban J connectivity index is 1.79. The van der Waals surface area contributed by atoms with Gasteiger partial charge in [-0.2, -0.15) is 0 Å². The molecule has 0 radical (unpaired) electrons. The quantitative estimate of drug-likeness (QED) is 0.926. The van der Waals surface area contributed by atoms with Crippen molar-refractivity contribution in [2.24, 2.45) is 5.92 Å². The number of aliphatic hydroxyl groups is 1. The van der Waals surface area contributed by atoms with Crippen LogP contribution in [-0.4, -0.2) is 41.7 Å². The summed E-state index contributed by atoms with van der Waals surface area (Å²) >= 11 is 0. The first-order valence-corrected chi connectivity index (χ1v) is 7.63. The van der Waals surface area contributed by atoms with E-state index in [1.165, 1.54) is 5.56 Å². The van der Waals surface area contributed by atoms with Gasteiger partial charge in [0.1, 0.15) is 5.75 Å². The Bertz CT molecular complexity index is 501. The molecule has 21 heavy (non-hydrogen) atoms. The third kappa shape index (κ3) is 4.21. The average Bonchev–Trinajstić information content (AvgIpc) is 2.44. The molecule has 1 saturated heterocycles. The number of amides is 1. The lowest BCUT2D eigenvalue weighted by Gasteiger charge is -2.34. The average molecular weight is 291 g/mol. The Labute approximate surface area is 126 Å². The van der Waals surface area contributed by atoms with Gasteiger partial charge in [-0.3, -0.25) is 4.79 Å². The van der Waals surface area contributed by atoms with Gasteiger partial charge < -0.3 is 14.7 Å². The summed E-state index contributed by atoms with van der Waals surface area (Å²) in [5.41, 5.74) is 2.30. The zero-order valence-corrected chi connectivity index (χ0v) is 13.1. The van der Waals surface area contributed by atoms with Gasteiger partial charge in [-0.25, -0.2) is 0 Å². The molecule has 0 aliphatic carbocycles. The van der Waals surface area contributed by atoms with E-state index in [-0.39, 0.29) is 17.9 Å². The van der Waals surface area contributed by atoms with Gasteiger partial charge >= 0.3 is 0 Å². The first-order valence-electron chi connectivity index (χ1n) is 7.63. The van der Waals surface area contributed by atoms with E-state index in [1.807, 2.05) is 37.8 Å². The lowest BCUT2D eigenvalue weighted by atomic mass is 9.96. The number of hydrogen-bond acceptors (Lipinski definition) is 3. The molecule has 0 bridgehead atoms. The molecule has 1 aliphatic heterocycles. The summed E-state index contributed by atoms with van der Waals surface area (Å²) in [6.07, 6.45) is 0.779. The third-order valence-corrected chi connectivity index (χ3v) is 4.12. The minimum atomic E-state index is -0.277. The van der Waals surface area contributed by atoms with Crippen molar-refractivity contribution in [3.63, 3.8) is 0 Å². The van der Waals surface area contributed by atoms with Crippen LogP contribution >= 0.6 is 0 Å². The summed E-state index contributed by atoms with van der Waals surface area (Å²) in [5.74, 6) is 1.11. The number of carbonyl (C=O) groups excluding carboxylic acids is 1. The summed E-state index contributed by atoms with van der Waals surface area (Å²) in [4.78, 5) is 14.0. The smallest absolute Gasteiger partial charge is 0.226 e. The number of likely N-dealkylation sites (tertiary alicyclic amines) is 1. The van der Waals surface area contributed by atoms with E-state index in [0.29, 0.717) is 32.5 Å². The van der Waals surface area contributed by atoms with Gasteiger partial charge in [-0.1, -0.05) is 24.6 Å². The first kappa shape index (κ1) is 15.8. The molecule has 0 aromatic heterocycles. The summed E-state index contributed by atoms with van der Waals surface area (Å²) in [7, 11) is 0. The molecule has 2 unspecified atom stereocenters. The number of ether oxygens (including phenoxy) is 1. The Morgan fingerprint density at radius 1 is 1.43 bits per heavy atom. The lowest BCUT2D eigenvalue weighted by Crippen LogP contribution is -2.45. The predicted octanol–water partition coefficient (Wildman–Crippen LogP) is 2.30. The molecule has 1 amide bonds. The van der Waals surface area contributed by atoms with Crippen molar-refractivity contribution in [2.75, 3.05) is 19.7 Å². The molecule has 2 rings (SSSR count). The topological polar surface area (TPSA) is 49.8 Å². The van der Waals surface area contributed by atoms with Gasteiger partial charge in [0, 0.05) is 13.1 Å². The molecule has 2 atom stereocenters. The molecule has 1 heterocycles. The highest BCUT2D eigenvalue weighted by Gasteiger charge is 2.26. The van der Waals surface area contributed by atoms with Gasteiger partial charge in [0.05, 0.1) is 19.1 Å². The fraction of sp³-hybridized carbons (Fsp3) is 0.588. The third-order valence-electron chi connectivity index (χ3n) is 4.12. The van der Waals surface area contributed by atoms with Crippen LogP contribution < -0.4 is 4.74 Å².